The van der Waals surface area contributed by atoms with Gasteiger partial charge in [-0.1, -0.05) is 35.9 Å². The van der Waals surface area contributed by atoms with Crippen molar-refractivity contribution in [3.8, 4) is 5.75 Å². The standard InChI is InChI=1S/C19H16ClN5O2/c1-11-16(18(27)24-15-8-3-2-7-14(15)20)17(12-5-4-6-13(26)9-12)25-19(23-11)21-10-22-25/h2-10,17,26H,1H3,(H,24,27)(H,21,22,23)/t17-/m0/s1. The first-order chi connectivity index (χ1) is 13.0. The number of benzene rings is 2. The zero-order valence-corrected chi connectivity index (χ0v) is 15.1. The summed E-state index contributed by atoms with van der Waals surface area (Å²) in [5, 5.41) is 20.6. The number of carbonyl (C=O) groups is 1. The van der Waals surface area contributed by atoms with E-state index in [2.05, 4.69) is 20.7 Å². The summed E-state index contributed by atoms with van der Waals surface area (Å²) >= 11 is 6.17. The highest BCUT2D eigenvalue weighted by atomic mass is 35.5. The predicted molar refractivity (Wildman–Crippen MR) is 103 cm³/mol. The van der Waals surface area contributed by atoms with Crippen molar-refractivity contribution in [1.82, 2.24) is 14.8 Å². The molecular weight excluding hydrogens is 366 g/mol. The van der Waals surface area contributed by atoms with Crippen LogP contribution >= 0.6 is 11.6 Å². The molecule has 3 aromatic rings. The molecule has 1 aliphatic heterocycles. The molecule has 3 N–H and O–H groups in total. The molecule has 27 heavy (non-hydrogen) atoms. The van der Waals surface area contributed by atoms with Crippen LogP contribution in [0, 0.1) is 0 Å². The quantitative estimate of drug-likeness (QED) is 0.645. The van der Waals surface area contributed by atoms with E-state index in [9.17, 15) is 9.90 Å². The average Bonchev–Trinajstić information content (AvgIpc) is 3.10. The fraction of sp³-hybridized carbons (Fsp3) is 0.105. The van der Waals surface area contributed by atoms with E-state index in [1.54, 1.807) is 54.1 Å². The largest absolute Gasteiger partial charge is 0.508 e. The van der Waals surface area contributed by atoms with E-state index >= 15 is 0 Å². The fourth-order valence-corrected chi connectivity index (χ4v) is 3.32. The van der Waals surface area contributed by atoms with Gasteiger partial charge in [0, 0.05) is 5.70 Å². The third kappa shape index (κ3) is 3.13. The van der Waals surface area contributed by atoms with Gasteiger partial charge in [-0.15, -0.1) is 0 Å². The second-order valence-corrected chi connectivity index (χ2v) is 6.53. The number of hydrogen-bond acceptors (Lipinski definition) is 5. The molecule has 136 valence electrons. The van der Waals surface area contributed by atoms with Gasteiger partial charge in [0.2, 0.25) is 5.95 Å². The van der Waals surface area contributed by atoms with Crippen LogP contribution in [-0.2, 0) is 4.79 Å². The Morgan fingerprint density at radius 3 is 2.85 bits per heavy atom. The molecule has 0 radical (unpaired) electrons. The number of allylic oxidation sites excluding steroid dienone is 1. The van der Waals surface area contributed by atoms with Crippen molar-refractivity contribution in [1.29, 1.82) is 0 Å². The van der Waals surface area contributed by atoms with Crippen molar-refractivity contribution < 1.29 is 9.90 Å². The molecule has 0 unspecified atom stereocenters. The lowest BCUT2D eigenvalue weighted by Gasteiger charge is -2.28. The molecule has 0 bridgehead atoms. The van der Waals surface area contributed by atoms with Crippen molar-refractivity contribution in [2.45, 2.75) is 13.0 Å². The number of rotatable bonds is 3. The van der Waals surface area contributed by atoms with Crippen LogP contribution in [0.3, 0.4) is 0 Å². The van der Waals surface area contributed by atoms with Crippen LogP contribution in [-0.4, -0.2) is 25.8 Å². The van der Waals surface area contributed by atoms with E-state index in [0.29, 0.717) is 33.5 Å². The monoisotopic (exact) mass is 381 g/mol. The third-order valence-corrected chi connectivity index (χ3v) is 4.68. The topological polar surface area (TPSA) is 92.1 Å². The van der Waals surface area contributed by atoms with Gasteiger partial charge in [-0.3, -0.25) is 4.79 Å². The minimum atomic E-state index is -0.543. The van der Waals surface area contributed by atoms with E-state index in [-0.39, 0.29) is 11.7 Å². The summed E-state index contributed by atoms with van der Waals surface area (Å²) < 4.78 is 1.61. The Morgan fingerprint density at radius 2 is 2.07 bits per heavy atom. The van der Waals surface area contributed by atoms with E-state index in [0.717, 1.165) is 0 Å². The van der Waals surface area contributed by atoms with Crippen LogP contribution in [0.2, 0.25) is 5.02 Å². The first kappa shape index (κ1) is 17.1. The Labute approximate surface area is 160 Å². The van der Waals surface area contributed by atoms with Crippen LogP contribution in [0.15, 0.2) is 66.1 Å². The van der Waals surface area contributed by atoms with Crippen molar-refractivity contribution in [3.63, 3.8) is 0 Å². The maximum Gasteiger partial charge on any atom is 0.255 e. The molecule has 0 spiro atoms. The van der Waals surface area contributed by atoms with Gasteiger partial charge in [-0.2, -0.15) is 10.1 Å². The summed E-state index contributed by atoms with van der Waals surface area (Å²) in [5.41, 5.74) is 2.34. The smallest absolute Gasteiger partial charge is 0.255 e. The maximum absolute atomic E-state index is 13.1. The third-order valence-electron chi connectivity index (χ3n) is 4.35. The molecule has 1 aromatic heterocycles. The molecule has 0 saturated heterocycles. The fourth-order valence-electron chi connectivity index (χ4n) is 3.14. The Bertz CT molecular complexity index is 1060. The van der Waals surface area contributed by atoms with E-state index in [1.165, 1.54) is 6.33 Å². The normalized spacial score (nSPS) is 15.9. The molecule has 4 rings (SSSR count). The molecular formula is C19H16ClN5O2. The number of halogens is 1. The summed E-state index contributed by atoms with van der Waals surface area (Å²) in [7, 11) is 0. The highest BCUT2D eigenvalue weighted by Crippen LogP contribution is 2.36. The van der Waals surface area contributed by atoms with Gasteiger partial charge in [0.15, 0.2) is 0 Å². The number of anilines is 2. The van der Waals surface area contributed by atoms with Crippen LogP contribution in [0.4, 0.5) is 11.6 Å². The first-order valence-corrected chi connectivity index (χ1v) is 8.64. The molecule has 8 heteroatoms. The van der Waals surface area contributed by atoms with Crippen LogP contribution in [0.1, 0.15) is 18.5 Å². The Balaban J connectivity index is 1.79. The number of para-hydroxylation sites is 1. The maximum atomic E-state index is 13.1. The minimum absolute atomic E-state index is 0.108. The number of amides is 1. The average molecular weight is 382 g/mol. The minimum Gasteiger partial charge on any atom is -0.508 e. The van der Waals surface area contributed by atoms with Crippen LogP contribution in [0.5, 0.6) is 5.75 Å². The highest BCUT2D eigenvalue weighted by molar-refractivity contribution is 6.33. The number of phenols is 1. The van der Waals surface area contributed by atoms with E-state index < -0.39 is 6.04 Å². The highest BCUT2D eigenvalue weighted by Gasteiger charge is 2.33. The van der Waals surface area contributed by atoms with Crippen molar-refractivity contribution >= 4 is 29.1 Å². The molecule has 7 nitrogen and oxygen atoms in total. The van der Waals surface area contributed by atoms with Gasteiger partial charge in [0.05, 0.1) is 16.3 Å². The predicted octanol–water partition coefficient (Wildman–Crippen LogP) is 3.56. The number of nitrogens with zero attached hydrogens (tertiary/aromatic N) is 3. The van der Waals surface area contributed by atoms with Crippen molar-refractivity contribution in [3.05, 3.63) is 76.7 Å². The molecule has 2 aromatic carbocycles. The van der Waals surface area contributed by atoms with E-state index in [1.807, 2.05) is 6.07 Å². The lowest BCUT2D eigenvalue weighted by molar-refractivity contribution is -0.113. The van der Waals surface area contributed by atoms with Crippen molar-refractivity contribution in [2.24, 2.45) is 0 Å². The Morgan fingerprint density at radius 1 is 1.26 bits per heavy atom. The second kappa shape index (κ2) is 6.77. The number of nitrogens with one attached hydrogen (secondary N) is 2. The Hall–Kier alpha value is -3.32. The molecule has 0 aliphatic carbocycles. The molecule has 1 amide bonds. The van der Waals surface area contributed by atoms with Crippen molar-refractivity contribution in [2.75, 3.05) is 10.6 Å². The van der Waals surface area contributed by atoms with Gasteiger partial charge in [0.25, 0.3) is 5.91 Å². The number of phenolic OH excluding ortho intramolecular Hbond substituents is 1. The van der Waals surface area contributed by atoms with Gasteiger partial charge < -0.3 is 15.7 Å². The summed E-state index contributed by atoms with van der Waals surface area (Å²) in [5.74, 6) is 0.314. The summed E-state index contributed by atoms with van der Waals surface area (Å²) in [6.45, 7) is 1.80. The first-order valence-electron chi connectivity index (χ1n) is 8.26. The number of aromatic nitrogens is 3. The lowest BCUT2D eigenvalue weighted by Crippen LogP contribution is -2.31. The zero-order chi connectivity index (χ0) is 19.0. The summed E-state index contributed by atoms with van der Waals surface area (Å²) in [6, 6.07) is 13.2. The van der Waals surface area contributed by atoms with Gasteiger partial charge >= 0.3 is 0 Å². The summed E-state index contributed by atoms with van der Waals surface area (Å²) in [4.78, 5) is 17.3. The Kier molecular flexibility index (Phi) is 4.29. The van der Waals surface area contributed by atoms with Gasteiger partial charge in [0.1, 0.15) is 18.1 Å². The number of carbonyl (C=O) groups excluding carboxylic acids is 1. The molecule has 0 saturated carbocycles. The lowest BCUT2D eigenvalue weighted by atomic mass is 9.95. The molecule has 0 fully saturated rings. The summed E-state index contributed by atoms with van der Waals surface area (Å²) in [6.07, 6.45) is 1.42. The SMILES string of the molecule is CC1=C(C(=O)Nc2ccccc2Cl)[C@H](c2cccc(O)c2)n2ncnc2N1. The van der Waals surface area contributed by atoms with Gasteiger partial charge in [-0.25, -0.2) is 4.68 Å². The molecule has 1 aliphatic rings. The number of fused-ring (bicyclic) bond motifs is 1. The molecule has 1 atom stereocenters. The van der Waals surface area contributed by atoms with Crippen LogP contribution in [0.25, 0.3) is 0 Å². The van der Waals surface area contributed by atoms with E-state index in [4.69, 9.17) is 11.6 Å². The zero-order valence-electron chi connectivity index (χ0n) is 14.3. The number of hydrogen-bond donors (Lipinski definition) is 3. The number of aromatic hydroxyl groups is 1. The van der Waals surface area contributed by atoms with Crippen LogP contribution < -0.4 is 10.6 Å². The van der Waals surface area contributed by atoms with Gasteiger partial charge in [-0.05, 0) is 36.8 Å². The molecule has 2 heterocycles. The second-order valence-electron chi connectivity index (χ2n) is 6.12.